The number of hydrogen-bond donors (Lipinski definition) is 7. The number of nitrogens with one attached hydrogen (secondary N) is 6. The molecule has 0 aromatic heterocycles. The summed E-state index contributed by atoms with van der Waals surface area (Å²) in [5.41, 5.74) is 8.43. The number of benzene rings is 6. The highest BCUT2D eigenvalue weighted by Crippen LogP contribution is 2.57. The number of para-hydroxylation sites is 1. The van der Waals surface area contributed by atoms with Crippen LogP contribution in [0.15, 0.2) is 128 Å². The van der Waals surface area contributed by atoms with Crippen LogP contribution >= 0.6 is 0 Å². The summed E-state index contributed by atoms with van der Waals surface area (Å²) in [7, 11) is 3.01. The van der Waals surface area contributed by atoms with Crippen LogP contribution in [0, 0.1) is 23.2 Å². The summed E-state index contributed by atoms with van der Waals surface area (Å²) in [6.07, 6.45) is 4.16. The van der Waals surface area contributed by atoms with Gasteiger partial charge in [0, 0.05) is 79.9 Å². The van der Waals surface area contributed by atoms with Crippen molar-refractivity contribution in [3.63, 3.8) is 0 Å². The zero-order valence-corrected chi connectivity index (χ0v) is 61.7. The van der Waals surface area contributed by atoms with Gasteiger partial charge in [-0.25, -0.2) is 9.69 Å². The summed E-state index contributed by atoms with van der Waals surface area (Å²) >= 11 is 0. The number of aliphatic hydroxyl groups excluding tert-OH is 1. The van der Waals surface area contributed by atoms with E-state index in [0.717, 1.165) is 58.8 Å². The fourth-order valence-corrected chi connectivity index (χ4v) is 14.6. The molecular formula is C82H91N11O16. The van der Waals surface area contributed by atoms with Crippen molar-refractivity contribution >= 4 is 87.4 Å². The zero-order chi connectivity index (χ0) is 76.5. The molecule has 1 aliphatic carbocycles. The van der Waals surface area contributed by atoms with Gasteiger partial charge in [-0.15, -0.1) is 0 Å². The van der Waals surface area contributed by atoms with E-state index in [-0.39, 0.29) is 84.5 Å². The quantitative estimate of drug-likeness (QED) is 0.0191. The van der Waals surface area contributed by atoms with Gasteiger partial charge in [0.1, 0.15) is 18.7 Å². The van der Waals surface area contributed by atoms with E-state index in [1.807, 2.05) is 59.6 Å². The number of amides is 9. The van der Waals surface area contributed by atoms with Crippen molar-refractivity contribution in [1.82, 2.24) is 31.1 Å². The molecule has 6 heterocycles. The van der Waals surface area contributed by atoms with E-state index in [4.69, 9.17) is 28.4 Å². The maximum Gasteiger partial charge on any atom is 0.416 e. The highest BCUT2D eigenvalue weighted by molar-refractivity contribution is 6.07. The van der Waals surface area contributed by atoms with Crippen LogP contribution in [0.1, 0.15) is 127 Å². The van der Waals surface area contributed by atoms with Gasteiger partial charge in [-0.2, -0.15) is 0 Å². The van der Waals surface area contributed by atoms with Crippen molar-refractivity contribution in [1.29, 1.82) is 0 Å². The lowest BCUT2D eigenvalue weighted by atomic mass is 10.0. The second-order valence-electron chi connectivity index (χ2n) is 28.8. The summed E-state index contributed by atoms with van der Waals surface area (Å²) in [5, 5.41) is 28.6. The summed E-state index contributed by atoms with van der Waals surface area (Å²) in [6.45, 7) is 8.58. The lowest BCUT2D eigenvalue weighted by molar-refractivity contribution is -0.132. The standard InChI is InChI=1S/C82H91N11O16/c1-50(2)75(88-73(96)45-85-72(95)44-84-71(94)27-28-74(97)91-46-56-15-8-7-13-53(56)19-20-55-14-9-10-16-64(55)91)77(99)86-51(3)76(98)87-58-23-17-52(18-24-58)48-109-81(103)93-65-41-70(68(105-5)39-62(65)79(101)92-49-82(29-30-82)42-66(92)80(93)102)108-34-12-6-11-33-107-69-40-63-61(38-67(69)104-4)78(100)90-47-57(37-60(90)43-83-63)54-21-25-59(26-22-54)89-31-35-106-36-32-89/h7-10,13-18,21-26,38-41,47,50-51,60,66,75,80,83,102H,6,11-12,27-37,42-46,48-49H2,1-5H3,(H,84,94)(H,85,95)(H,86,99)(H,87,98)(H,88,96)/t51-,60-,66-,75-,80?/m0/s1. The molecule has 3 fully saturated rings. The molecule has 13 rings (SSSR count). The Morgan fingerprint density at radius 3 is 2.08 bits per heavy atom. The molecule has 7 aliphatic rings. The number of nitrogens with zero attached hydrogens (tertiary/aromatic N) is 5. The number of aliphatic hydroxyl groups is 1. The molecule has 6 aromatic carbocycles. The van der Waals surface area contributed by atoms with Gasteiger partial charge in [0.15, 0.2) is 29.2 Å². The Bertz CT molecular complexity index is 4560. The van der Waals surface area contributed by atoms with Crippen LogP contribution in [-0.4, -0.2) is 179 Å². The van der Waals surface area contributed by atoms with Crippen LogP contribution in [0.2, 0.25) is 0 Å². The van der Waals surface area contributed by atoms with Gasteiger partial charge in [0.2, 0.25) is 35.4 Å². The molecule has 5 atom stereocenters. The van der Waals surface area contributed by atoms with Gasteiger partial charge in [-0.1, -0.05) is 80.3 Å². The van der Waals surface area contributed by atoms with Gasteiger partial charge >= 0.3 is 6.09 Å². The maximum absolute atomic E-state index is 14.5. The lowest BCUT2D eigenvalue weighted by Gasteiger charge is -2.31. The smallest absolute Gasteiger partial charge is 0.416 e. The number of unbranched alkanes of at least 4 members (excludes halogenated alkanes) is 2. The van der Waals surface area contributed by atoms with Gasteiger partial charge in [0.25, 0.3) is 11.8 Å². The van der Waals surface area contributed by atoms with Gasteiger partial charge < -0.3 is 85.0 Å². The first kappa shape index (κ1) is 75.6. The minimum absolute atomic E-state index is 0.0698. The molecule has 1 spiro atoms. The zero-order valence-electron chi connectivity index (χ0n) is 61.7. The number of morpholine rings is 1. The summed E-state index contributed by atoms with van der Waals surface area (Å²) in [5.74, 6) is 3.37. The number of rotatable bonds is 27. The Kier molecular flexibility index (Phi) is 23.3. The number of hydrogen-bond acceptors (Lipinski definition) is 18. The molecule has 7 N–H and O–H groups in total. The van der Waals surface area contributed by atoms with E-state index in [1.165, 1.54) is 26.2 Å². The molecule has 2 saturated heterocycles. The summed E-state index contributed by atoms with van der Waals surface area (Å²) in [6, 6.07) is 33.4. The van der Waals surface area contributed by atoms with E-state index in [1.54, 1.807) is 67.2 Å². The Labute approximate surface area is 632 Å². The van der Waals surface area contributed by atoms with Gasteiger partial charge in [-0.05, 0) is 140 Å². The Balaban J connectivity index is 0.556. The lowest BCUT2D eigenvalue weighted by Crippen LogP contribution is -2.55. The van der Waals surface area contributed by atoms with E-state index < -0.39 is 79.0 Å². The van der Waals surface area contributed by atoms with Crippen LogP contribution in [0.25, 0.3) is 5.57 Å². The van der Waals surface area contributed by atoms with E-state index in [9.17, 15) is 48.3 Å². The summed E-state index contributed by atoms with van der Waals surface area (Å²) in [4.78, 5) is 131. The maximum atomic E-state index is 14.5. The Morgan fingerprint density at radius 1 is 0.697 bits per heavy atom. The van der Waals surface area contributed by atoms with Crippen LogP contribution in [0.4, 0.5) is 33.2 Å². The van der Waals surface area contributed by atoms with E-state index >= 15 is 0 Å². The highest BCUT2D eigenvalue weighted by Gasteiger charge is 2.58. The largest absolute Gasteiger partial charge is 0.493 e. The Hall–Kier alpha value is -11.6. The second kappa shape index (κ2) is 33.7. The molecule has 1 saturated carbocycles. The third-order valence-corrected chi connectivity index (χ3v) is 20.9. The molecule has 6 aromatic rings. The van der Waals surface area contributed by atoms with Crippen molar-refractivity contribution in [2.45, 2.75) is 122 Å². The van der Waals surface area contributed by atoms with Crippen LogP contribution < -0.4 is 65.5 Å². The molecule has 9 amide bonds. The monoisotopic (exact) mass is 1490 g/mol. The molecule has 6 aliphatic heterocycles. The average Bonchev–Trinajstić information content (AvgIpc) is 1.57. The third-order valence-electron chi connectivity index (χ3n) is 20.9. The third kappa shape index (κ3) is 17.5. The number of methoxy groups -OCH3 is 2. The van der Waals surface area contributed by atoms with Gasteiger partial charge in [-0.3, -0.25) is 38.4 Å². The van der Waals surface area contributed by atoms with Crippen molar-refractivity contribution in [2.24, 2.45) is 11.3 Å². The predicted molar refractivity (Wildman–Crippen MR) is 406 cm³/mol. The Morgan fingerprint density at radius 2 is 1.37 bits per heavy atom. The van der Waals surface area contributed by atoms with Crippen molar-refractivity contribution in [3.8, 4) is 34.8 Å². The SMILES string of the molecule is COc1cc2c(cc1OCCCCCOc1cc3c(cc1OC)C(=O)N1CC4(CC4)C[C@H]1C(O)N3C(=O)OCc1ccc(NC(=O)[C@H](C)NC(=O)[C@@H](NC(=O)CNC(=O)CNC(=O)CCC(=O)N3Cc4ccccc4C#Cc4ccccc43)C(C)C)cc1)NC[C@@H]1CC(c3ccc(N4CCOCC4)cc3)=CN1C2=O. The van der Waals surface area contributed by atoms with E-state index in [2.05, 4.69) is 72.9 Å². The topological polar surface area (TPSA) is 318 Å². The minimum Gasteiger partial charge on any atom is -0.493 e. The number of anilines is 5. The number of carbonyl (C=O) groups excluding carboxylic acids is 9. The fraction of sp³-hybridized carbons (Fsp3) is 0.402. The van der Waals surface area contributed by atoms with Crippen molar-refractivity contribution < 1.29 is 76.7 Å². The molecule has 27 nitrogen and oxygen atoms in total. The van der Waals surface area contributed by atoms with Crippen LogP contribution in [-0.2, 0) is 51.4 Å². The minimum atomic E-state index is -1.48. The first-order valence-electron chi connectivity index (χ1n) is 37.1. The van der Waals surface area contributed by atoms with Crippen molar-refractivity contribution in [2.75, 3.05) is 105 Å². The first-order chi connectivity index (χ1) is 52.7. The molecule has 1 unspecified atom stereocenters. The molecule has 570 valence electrons. The second-order valence-corrected chi connectivity index (χ2v) is 28.8. The number of ether oxygens (including phenoxy) is 6. The van der Waals surface area contributed by atoms with E-state index in [0.29, 0.717) is 110 Å². The number of carbonyl (C=O) groups is 9. The highest BCUT2D eigenvalue weighted by atomic mass is 16.6. The molecule has 0 bridgehead atoms. The van der Waals surface area contributed by atoms with Gasteiger partial charge in [0.05, 0.1) is 101 Å². The first-order valence-corrected chi connectivity index (χ1v) is 37.1. The number of fused-ring (bicyclic) bond motifs is 6. The molecule has 27 heteroatoms. The molecular weight excluding hydrogens is 1390 g/mol. The fourth-order valence-electron chi connectivity index (χ4n) is 14.6. The summed E-state index contributed by atoms with van der Waals surface area (Å²) < 4.78 is 35.6. The normalized spacial score (nSPS) is 18.2. The van der Waals surface area contributed by atoms with Crippen LogP contribution in [0.3, 0.4) is 0 Å². The van der Waals surface area contributed by atoms with Crippen molar-refractivity contribution in [3.05, 3.63) is 166 Å². The predicted octanol–water partition coefficient (Wildman–Crippen LogP) is 7.86. The molecule has 109 heavy (non-hydrogen) atoms. The average molecular weight is 1490 g/mol. The van der Waals surface area contributed by atoms with Crippen LogP contribution in [0.5, 0.6) is 23.0 Å². The molecule has 0 radical (unpaired) electrons.